The van der Waals surface area contributed by atoms with Crippen LogP contribution >= 0.6 is 0 Å². The molecule has 2 aliphatic rings. The SMILES string of the molecule is CN(C(=O)Nc1cc(-c2cnn(C)c2)ccn1)C1CCN(C2CC2)CC1. The Kier molecular flexibility index (Phi) is 4.63. The predicted molar refractivity (Wildman–Crippen MR) is 101 cm³/mol. The van der Waals surface area contributed by atoms with Crippen molar-refractivity contribution in [1.82, 2.24) is 24.6 Å². The highest BCUT2D eigenvalue weighted by molar-refractivity contribution is 5.89. The molecule has 3 heterocycles. The molecule has 2 aromatic rings. The van der Waals surface area contributed by atoms with Crippen LogP contribution in [-0.4, -0.2) is 62.8 Å². The third-order valence-corrected chi connectivity index (χ3v) is 5.46. The number of carbonyl (C=O) groups excluding carboxylic acids is 1. The quantitative estimate of drug-likeness (QED) is 0.916. The number of carbonyl (C=O) groups is 1. The van der Waals surface area contributed by atoms with Gasteiger partial charge in [-0.2, -0.15) is 5.10 Å². The number of pyridine rings is 1. The summed E-state index contributed by atoms with van der Waals surface area (Å²) in [5.74, 6) is 0.568. The molecule has 0 radical (unpaired) electrons. The van der Waals surface area contributed by atoms with Gasteiger partial charge in [0.25, 0.3) is 0 Å². The first-order chi connectivity index (χ1) is 12.6. The second kappa shape index (κ2) is 7.07. The summed E-state index contributed by atoms with van der Waals surface area (Å²) in [6.45, 7) is 2.20. The second-order valence-corrected chi connectivity index (χ2v) is 7.37. The number of hydrogen-bond donors (Lipinski definition) is 1. The van der Waals surface area contributed by atoms with Gasteiger partial charge in [0.05, 0.1) is 6.20 Å². The van der Waals surface area contributed by atoms with Crippen LogP contribution in [0.4, 0.5) is 10.6 Å². The van der Waals surface area contributed by atoms with E-state index in [2.05, 4.69) is 20.3 Å². The van der Waals surface area contributed by atoms with Gasteiger partial charge in [-0.25, -0.2) is 9.78 Å². The lowest BCUT2D eigenvalue weighted by Crippen LogP contribution is -2.47. The van der Waals surface area contributed by atoms with Crippen LogP contribution in [-0.2, 0) is 7.05 Å². The number of nitrogens with one attached hydrogen (secondary N) is 1. The Bertz CT molecular complexity index is 776. The van der Waals surface area contributed by atoms with Crippen LogP contribution in [0.3, 0.4) is 0 Å². The van der Waals surface area contributed by atoms with Gasteiger partial charge in [-0.15, -0.1) is 0 Å². The summed E-state index contributed by atoms with van der Waals surface area (Å²) in [5, 5.41) is 7.13. The van der Waals surface area contributed by atoms with E-state index in [-0.39, 0.29) is 6.03 Å². The van der Waals surface area contributed by atoms with Gasteiger partial charge in [-0.3, -0.25) is 10.00 Å². The Morgan fingerprint density at radius 2 is 2.00 bits per heavy atom. The minimum absolute atomic E-state index is 0.0919. The van der Waals surface area contributed by atoms with E-state index in [1.165, 1.54) is 12.8 Å². The van der Waals surface area contributed by atoms with Gasteiger partial charge in [0.1, 0.15) is 5.82 Å². The number of anilines is 1. The minimum Gasteiger partial charge on any atom is -0.324 e. The van der Waals surface area contributed by atoms with Crippen LogP contribution in [0.25, 0.3) is 11.1 Å². The van der Waals surface area contributed by atoms with Crippen LogP contribution in [0.15, 0.2) is 30.7 Å². The average Bonchev–Trinajstić information content (AvgIpc) is 3.42. The van der Waals surface area contributed by atoms with Crippen molar-refractivity contribution in [1.29, 1.82) is 0 Å². The van der Waals surface area contributed by atoms with Gasteiger partial charge in [0.2, 0.25) is 0 Å². The van der Waals surface area contributed by atoms with Gasteiger partial charge < -0.3 is 9.80 Å². The maximum absolute atomic E-state index is 12.6. The minimum atomic E-state index is -0.0919. The summed E-state index contributed by atoms with van der Waals surface area (Å²) < 4.78 is 1.76. The Labute approximate surface area is 154 Å². The summed E-state index contributed by atoms with van der Waals surface area (Å²) >= 11 is 0. The van der Waals surface area contributed by atoms with Crippen LogP contribution in [0, 0.1) is 0 Å². The predicted octanol–water partition coefficient (Wildman–Crippen LogP) is 2.57. The first-order valence-electron chi connectivity index (χ1n) is 9.33. The van der Waals surface area contributed by atoms with Crippen molar-refractivity contribution in [3.63, 3.8) is 0 Å². The lowest BCUT2D eigenvalue weighted by molar-refractivity contribution is 0.137. The molecular weight excluding hydrogens is 328 g/mol. The molecular formula is C19H26N6O. The van der Waals surface area contributed by atoms with Gasteiger partial charge in [-0.05, 0) is 43.4 Å². The van der Waals surface area contributed by atoms with Crippen LogP contribution in [0.2, 0.25) is 0 Å². The third kappa shape index (κ3) is 3.72. The van der Waals surface area contributed by atoms with E-state index < -0.39 is 0 Å². The van der Waals surface area contributed by atoms with Crippen LogP contribution < -0.4 is 5.32 Å². The molecule has 1 aliphatic carbocycles. The molecule has 1 N–H and O–H groups in total. The zero-order valence-electron chi connectivity index (χ0n) is 15.4. The number of rotatable bonds is 4. The van der Waals surface area contributed by atoms with Crippen molar-refractivity contribution in [3.05, 3.63) is 30.7 Å². The van der Waals surface area contributed by atoms with Gasteiger partial charge in [0.15, 0.2) is 0 Å². The molecule has 1 aliphatic heterocycles. The maximum atomic E-state index is 12.6. The fourth-order valence-corrected chi connectivity index (χ4v) is 3.69. The summed E-state index contributed by atoms with van der Waals surface area (Å²) in [6.07, 6.45) is 10.3. The lowest BCUT2D eigenvalue weighted by Gasteiger charge is -2.36. The standard InChI is InChI=1S/C19H26N6O/c1-23-13-15(12-21-23)14-5-8-20-18(11-14)22-19(26)24(2)16-6-9-25(10-7-16)17-3-4-17/h5,8,11-13,16-17H,3-4,6-7,9-10H2,1-2H3,(H,20,22,26). The fourth-order valence-electron chi connectivity index (χ4n) is 3.69. The number of piperidine rings is 1. The highest BCUT2D eigenvalue weighted by Gasteiger charge is 2.33. The van der Waals surface area contributed by atoms with Gasteiger partial charge in [0, 0.05) is 57.2 Å². The van der Waals surface area contributed by atoms with E-state index in [9.17, 15) is 4.79 Å². The molecule has 4 rings (SSSR count). The molecule has 7 heteroatoms. The van der Waals surface area contributed by atoms with Crippen molar-refractivity contribution >= 4 is 11.8 Å². The molecule has 0 atom stereocenters. The molecule has 0 bridgehead atoms. The molecule has 138 valence electrons. The number of aromatic nitrogens is 3. The second-order valence-electron chi connectivity index (χ2n) is 7.37. The maximum Gasteiger partial charge on any atom is 0.323 e. The summed E-state index contributed by atoms with van der Waals surface area (Å²) in [5.41, 5.74) is 2.00. The van der Waals surface area contributed by atoms with Gasteiger partial charge in [-0.1, -0.05) is 0 Å². The van der Waals surface area contributed by atoms with Crippen molar-refractivity contribution in [3.8, 4) is 11.1 Å². The molecule has 0 aromatic carbocycles. The van der Waals surface area contributed by atoms with E-state index in [0.29, 0.717) is 11.9 Å². The van der Waals surface area contributed by atoms with E-state index in [1.54, 1.807) is 17.1 Å². The number of urea groups is 1. The first-order valence-corrected chi connectivity index (χ1v) is 9.33. The van der Waals surface area contributed by atoms with Crippen molar-refractivity contribution < 1.29 is 4.79 Å². The highest BCUT2D eigenvalue weighted by atomic mass is 16.2. The Morgan fingerprint density at radius 1 is 1.23 bits per heavy atom. The molecule has 1 saturated heterocycles. The number of hydrogen-bond acceptors (Lipinski definition) is 4. The molecule has 2 fully saturated rings. The largest absolute Gasteiger partial charge is 0.324 e. The molecule has 26 heavy (non-hydrogen) atoms. The van der Waals surface area contributed by atoms with Gasteiger partial charge >= 0.3 is 6.03 Å². The topological polar surface area (TPSA) is 66.3 Å². The molecule has 7 nitrogen and oxygen atoms in total. The molecule has 1 saturated carbocycles. The molecule has 0 spiro atoms. The smallest absolute Gasteiger partial charge is 0.323 e. The normalized spacial score (nSPS) is 18.7. The summed E-state index contributed by atoms with van der Waals surface area (Å²) in [6, 6.07) is 4.83. The highest BCUT2D eigenvalue weighted by Crippen LogP contribution is 2.30. The molecule has 2 amide bonds. The van der Waals surface area contributed by atoms with Crippen molar-refractivity contribution in [2.45, 2.75) is 37.8 Å². The van der Waals surface area contributed by atoms with E-state index in [4.69, 9.17) is 0 Å². The zero-order chi connectivity index (χ0) is 18.1. The average molecular weight is 354 g/mol. The zero-order valence-corrected chi connectivity index (χ0v) is 15.4. The number of nitrogens with zero attached hydrogens (tertiary/aromatic N) is 5. The monoisotopic (exact) mass is 354 g/mol. The Morgan fingerprint density at radius 3 is 2.65 bits per heavy atom. The van der Waals surface area contributed by atoms with E-state index in [1.807, 2.05) is 37.3 Å². The lowest BCUT2D eigenvalue weighted by atomic mass is 10.0. The third-order valence-electron chi connectivity index (χ3n) is 5.46. The van der Waals surface area contributed by atoms with E-state index >= 15 is 0 Å². The van der Waals surface area contributed by atoms with Crippen LogP contribution in [0.1, 0.15) is 25.7 Å². The van der Waals surface area contributed by atoms with Crippen LogP contribution in [0.5, 0.6) is 0 Å². The summed E-state index contributed by atoms with van der Waals surface area (Å²) in [4.78, 5) is 21.3. The summed E-state index contributed by atoms with van der Waals surface area (Å²) in [7, 11) is 3.77. The molecule has 0 unspecified atom stereocenters. The number of amides is 2. The Hall–Kier alpha value is -2.41. The number of likely N-dealkylation sites (tertiary alicyclic amines) is 1. The Balaban J connectivity index is 1.36. The van der Waals surface area contributed by atoms with Crippen molar-refractivity contribution in [2.75, 3.05) is 25.5 Å². The van der Waals surface area contributed by atoms with Crippen molar-refractivity contribution in [2.24, 2.45) is 7.05 Å². The fraction of sp³-hybridized carbons (Fsp3) is 0.526. The number of aryl methyl sites for hydroxylation is 1. The van der Waals surface area contributed by atoms with E-state index in [0.717, 1.165) is 43.1 Å². The molecule has 2 aromatic heterocycles. The first kappa shape index (κ1) is 17.0.